The molecule has 31 heavy (non-hydrogen) atoms. The number of alkyl halides is 3. The maximum Gasteiger partial charge on any atom is 0.422 e. The number of halogens is 4. The van der Waals surface area contributed by atoms with Gasteiger partial charge in [-0.15, -0.1) is 0 Å². The number of pyridine rings is 1. The summed E-state index contributed by atoms with van der Waals surface area (Å²) in [6.45, 7) is 2.05. The molecule has 0 aliphatic carbocycles. The molecular formula is C21H18ClF3N4O2. The summed E-state index contributed by atoms with van der Waals surface area (Å²) in [4.78, 5) is 16.8. The number of nitriles is 1. The molecule has 0 aliphatic rings. The Hall–Kier alpha value is -3.25. The molecule has 0 aliphatic heterocycles. The zero-order valence-corrected chi connectivity index (χ0v) is 17.4. The van der Waals surface area contributed by atoms with Gasteiger partial charge in [0.15, 0.2) is 6.61 Å². The van der Waals surface area contributed by atoms with Crippen molar-refractivity contribution in [1.29, 1.82) is 5.26 Å². The Bertz CT molecular complexity index is 1170. The van der Waals surface area contributed by atoms with E-state index < -0.39 is 24.1 Å². The van der Waals surface area contributed by atoms with Crippen molar-refractivity contribution < 1.29 is 22.7 Å². The Morgan fingerprint density at radius 3 is 2.65 bits per heavy atom. The van der Waals surface area contributed by atoms with Crippen LogP contribution in [0.3, 0.4) is 0 Å². The van der Waals surface area contributed by atoms with Gasteiger partial charge in [0.05, 0.1) is 16.5 Å². The molecule has 1 N–H and O–H groups in total. The number of hydrogen-bond donors (Lipinski definition) is 1. The highest BCUT2D eigenvalue weighted by Gasteiger charge is 2.29. The third-order valence-corrected chi connectivity index (χ3v) is 4.52. The van der Waals surface area contributed by atoms with Crippen LogP contribution in [-0.4, -0.2) is 34.6 Å². The van der Waals surface area contributed by atoms with Crippen molar-refractivity contribution in [1.82, 2.24) is 14.7 Å². The van der Waals surface area contributed by atoms with E-state index in [1.165, 1.54) is 22.9 Å². The predicted molar refractivity (Wildman–Crippen MR) is 109 cm³/mol. The Balaban J connectivity index is 2.00. The molecular weight excluding hydrogens is 433 g/mol. The monoisotopic (exact) mass is 450 g/mol. The number of para-hydroxylation sites is 1. The van der Waals surface area contributed by atoms with Crippen molar-refractivity contribution >= 4 is 23.2 Å². The second-order valence-corrected chi connectivity index (χ2v) is 7.94. The number of benzene rings is 1. The minimum Gasteiger partial charge on any atom is -0.483 e. The summed E-state index contributed by atoms with van der Waals surface area (Å²) in [5, 5.41) is 12.0. The van der Waals surface area contributed by atoms with Gasteiger partial charge in [0.1, 0.15) is 17.1 Å². The van der Waals surface area contributed by atoms with Crippen LogP contribution in [0.2, 0.25) is 5.02 Å². The molecule has 0 spiro atoms. The first-order chi connectivity index (χ1) is 14.5. The minimum atomic E-state index is -4.49. The Morgan fingerprint density at radius 2 is 1.97 bits per heavy atom. The highest BCUT2D eigenvalue weighted by Crippen LogP contribution is 2.35. The lowest BCUT2D eigenvalue weighted by atomic mass is 9.96. The molecule has 1 amide bonds. The summed E-state index contributed by atoms with van der Waals surface area (Å²) in [6.07, 6.45) is -1.51. The summed E-state index contributed by atoms with van der Waals surface area (Å²) >= 11 is 6.20. The quantitative estimate of drug-likeness (QED) is 0.580. The minimum absolute atomic E-state index is 0.00811. The van der Waals surface area contributed by atoms with E-state index in [4.69, 9.17) is 21.6 Å². The highest BCUT2D eigenvalue weighted by molar-refractivity contribution is 6.31. The van der Waals surface area contributed by atoms with Gasteiger partial charge in [-0.3, -0.25) is 4.79 Å². The number of ether oxygens (including phenoxy) is 1. The van der Waals surface area contributed by atoms with Gasteiger partial charge in [-0.05, 0) is 26.0 Å². The van der Waals surface area contributed by atoms with Crippen LogP contribution in [0.4, 0.5) is 13.2 Å². The standard InChI is InChI=1S/C21H18ClF3N4O2/c1-20(2,10-26)11-27-19(30)16-9-29-8-13(22)7-15(18(29)28-16)14-5-3-4-6-17(14)31-12-21(23,24)25/h3-9H,11-12H2,1-2H3,(H,27,30). The molecule has 0 saturated carbocycles. The number of carbonyl (C=O) groups excluding carboxylic acids is 1. The van der Waals surface area contributed by atoms with Gasteiger partial charge in [-0.25, -0.2) is 4.98 Å². The second kappa shape index (κ2) is 8.47. The Morgan fingerprint density at radius 1 is 1.26 bits per heavy atom. The first-order valence-electron chi connectivity index (χ1n) is 9.16. The van der Waals surface area contributed by atoms with Gasteiger partial charge in [0.2, 0.25) is 0 Å². The lowest BCUT2D eigenvalue weighted by Gasteiger charge is -2.14. The number of aromatic nitrogens is 2. The molecule has 0 atom stereocenters. The summed E-state index contributed by atoms with van der Waals surface area (Å²) in [6, 6.07) is 9.83. The Kier molecular flexibility index (Phi) is 6.13. The van der Waals surface area contributed by atoms with Crippen LogP contribution < -0.4 is 10.1 Å². The number of fused-ring (bicyclic) bond motifs is 1. The smallest absolute Gasteiger partial charge is 0.422 e. The second-order valence-electron chi connectivity index (χ2n) is 7.51. The third kappa shape index (κ3) is 5.47. The van der Waals surface area contributed by atoms with Crippen molar-refractivity contribution in [3.8, 4) is 22.9 Å². The first kappa shape index (κ1) is 22.4. The van der Waals surface area contributed by atoms with E-state index in [2.05, 4.69) is 16.4 Å². The average molecular weight is 451 g/mol. The van der Waals surface area contributed by atoms with Gasteiger partial charge in [-0.2, -0.15) is 18.4 Å². The van der Waals surface area contributed by atoms with Crippen LogP contribution in [0.25, 0.3) is 16.8 Å². The molecule has 162 valence electrons. The van der Waals surface area contributed by atoms with Crippen molar-refractivity contribution in [3.05, 3.63) is 53.4 Å². The number of rotatable bonds is 6. The SMILES string of the molecule is CC(C)(C#N)CNC(=O)c1cn2cc(Cl)cc(-c3ccccc3OCC(F)(F)F)c2n1. The largest absolute Gasteiger partial charge is 0.483 e. The number of imidazole rings is 1. The molecule has 1 aromatic carbocycles. The predicted octanol–water partition coefficient (Wildman–Crippen LogP) is 4.88. The first-order valence-corrected chi connectivity index (χ1v) is 9.53. The van der Waals surface area contributed by atoms with Crippen molar-refractivity contribution in [2.45, 2.75) is 20.0 Å². The molecule has 0 unspecified atom stereocenters. The third-order valence-electron chi connectivity index (χ3n) is 4.31. The molecule has 0 radical (unpaired) electrons. The normalized spacial score (nSPS) is 11.9. The van der Waals surface area contributed by atoms with Crippen LogP contribution >= 0.6 is 11.6 Å². The van der Waals surface area contributed by atoms with E-state index >= 15 is 0 Å². The zero-order chi connectivity index (χ0) is 22.8. The lowest BCUT2D eigenvalue weighted by Crippen LogP contribution is -2.33. The van der Waals surface area contributed by atoms with Gasteiger partial charge in [0.25, 0.3) is 5.91 Å². The molecule has 2 heterocycles. The fraction of sp³-hybridized carbons (Fsp3) is 0.286. The summed E-state index contributed by atoms with van der Waals surface area (Å²) in [5.41, 5.74) is 0.394. The number of carbonyl (C=O) groups is 1. The Labute approximate surface area is 181 Å². The maximum atomic E-state index is 12.6. The molecule has 0 bridgehead atoms. The molecule has 3 aromatic rings. The van der Waals surface area contributed by atoms with Crippen molar-refractivity contribution in [2.24, 2.45) is 5.41 Å². The van der Waals surface area contributed by atoms with Crippen LogP contribution in [0.1, 0.15) is 24.3 Å². The van der Waals surface area contributed by atoms with E-state index in [1.54, 1.807) is 38.1 Å². The molecule has 2 aromatic heterocycles. The molecule has 10 heteroatoms. The van der Waals surface area contributed by atoms with E-state index in [0.717, 1.165) is 0 Å². The number of nitrogens with zero attached hydrogens (tertiary/aromatic N) is 3. The number of nitrogens with one attached hydrogen (secondary N) is 1. The van der Waals surface area contributed by atoms with Crippen LogP contribution in [0.5, 0.6) is 5.75 Å². The fourth-order valence-corrected chi connectivity index (χ4v) is 2.99. The molecule has 0 saturated heterocycles. The van der Waals surface area contributed by atoms with Gasteiger partial charge < -0.3 is 14.5 Å². The highest BCUT2D eigenvalue weighted by atomic mass is 35.5. The van der Waals surface area contributed by atoms with E-state index in [0.29, 0.717) is 21.8 Å². The van der Waals surface area contributed by atoms with Crippen LogP contribution in [0, 0.1) is 16.7 Å². The van der Waals surface area contributed by atoms with Gasteiger partial charge in [0, 0.05) is 30.1 Å². The topological polar surface area (TPSA) is 79.4 Å². The molecule has 0 fully saturated rings. The van der Waals surface area contributed by atoms with Crippen LogP contribution in [0.15, 0.2) is 42.7 Å². The van der Waals surface area contributed by atoms with Crippen LogP contribution in [-0.2, 0) is 0 Å². The molecule has 6 nitrogen and oxygen atoms in total. The van der Waals surface area contributed by atoms with Gasteiger partial charge in [-0.1, -0.05) is 29.8 Å². The zero-order valence-electron chi connectivity index (χ0n) is 16.6. The summed E-state index contributed by atoms with van der Waals surface area (Å²) in [7, 11) is 0. The fourth-order valence-electron chi connectivity index (χ4n) is 2.78. The van der Waals surface area contributed by atoms with Gasteiger partial charge >= 0.3 is 6.18 Å². The van der Waals surface area contributed by atoms with E-state index in [1.807, 2.05) is 0 Å². The maximum absolute atomic E-state index is 12.6. The number of amides is 1. The van der Waals surface area contributed by atoms with E-state index in [9.17, 15) is 18.0 Å². The van der Waals surface area contributed by atoms with Crippen molar-refractivity contribution in [3.63, 3.8) is 0 Å². The lowest BCUT2D eigenvalue weighted by molar-refractivity contribution is -0.153. The average Bonchev–Trinajstić information content (AvgIpc) is 3.13. The number of hydrogen-bond acceptors (Lipinski definition) is 4. The summed E-state index contributed by atoms with van der Waals surface area (Å²) < 4.78 is 44.4. The van der Waals surface area contributed by atoms with E-state index in [-0.39, 0.29) is 18.0 Å². The summed E-state index contributed by atoms with van der Waals surface area (Å²) in [5.74, 6) is -0.482. The molecule has 3 rings (SSSR count). The van der Waals surface area contributed by atoms with Crippen molar-refractivity contribution in [2.75, 3.05) is 13.2 Å².